The Morgan fingerprint density at radius 3 is 2.94 bits per heavy atom. The van der Waals surface area contributed by atoms with Crippen LogP contribution in [0.5, 0.6) is 0 Å². The van der Waals surface area contributed by atoms with Gasteiger partial charge in [0.15, 0.2) is 0 Å². The molecule has 1 aromatic rings. The third-order valence-electron chi connectivity index (χ3n) is 3.57. The van der Waals surface area contributed by atoms with Crippen LogP contribution in [0.15, 0.2) is 24.5 Å². The SMILES string of the molecule is CC1CN(Cc2cccnc2)C(CN)C(=O)N1C. The number of hydrogen-bond donors (Lipinski definition) is 1. The minimum absolute atomic E-state index is 0.111. The van der Waals surface area contributed by atoms with Crippen LogP contribution >= 0.6 is 0 Å². The van der Waals surface area contributed by atoms with Crippen LogP contribution in [0.2, 0.25) is 0 Å². The Hall–Kier alpha value is -1.46. The Bertz CT molecular complexity index is 409. The van der Waals surface area contributed by atoms with Gasteiger partial charge in [0.1, 0.15) is 6.04 Å². The van der Waals surface area contributed by atoms with E-state index in [2.05, 4.69) is 16.8 Å². The van der Waals surface area contributed by atoms with Gasteiger partial charge in [-0.2, -0.15) is 0 Å². The van der Waals surface area contributed by atoms with Crippen molar-refractivity contribution in [1.29, 1.82) is 0 Å². The standard InChI is InChI=1S/C13H20N4O/c1-10-8-17(9-11-4-3-5-15-7-11)12(6-14)13(18)16(10)2/h3-5,7,10,12H,6,8-9,14H2,1-2H3. The minimum Gasteiger partial charge on any atom is -0.340 e. The van der Waals surface area contributed by atoms with Crippen molar-refractivity contribution in [2.45, 2.75) is 25.6 Å². The predicted molar refractivity (Wildman–Crippen MR) is 69.7 cm³/mol. The molecule has 0 aliphatic carbocycles. The van der Waals surface area contributed by atoms with Gasteiger partial charge in [-0.25, -0.2) is 0 Å². The van der Waals surface area contributed by atoms with E-state index >= 15 is 0 Å². The van der Waals surface area contributed by atoms with Crippen molar-refractivity contribution in [3.63, 3.8) is 0 Å². The van der Waals surface area contributed by atoms with Gasteiger partial charge in [-0.15, -0.1) is 0 Å². The van der Waals surface area contributed by atoms with Gasteiger partial charge in [-0.3, -0.25) is 14.7 Å². The molecule has 1 fully saturated rings. The quantitative estimate of drug-likeness (QED) is 0.822. The smallest absolute Gasteiger partial charge is 0.241 e. The lowest BCUT2D eigenvalue weighted by molar-refractivity contribution is -0.143. The molecule has 0 saturated carbocycles. The van der Waals surface area contributed by atoms with Gasteiger partial charge >= 0.3 is 0 Å². The number of amides is 1. The van der Waals surface area contributed by atoms with Gasteiger partial charge < -0.3 is 10.6 Å². The minimum atomic E-state index is -0.216. The maximum atomic E-state index is 12.2. The Balaban J connectivity index is 2.13. The van der Waals surface area contributed by atoms with Crippen LogP contribution in [-0.2, 0) is 11.3 Å². The first-order chi connectivity index (χ1) is 8.63. The molecule has 18 heavy (non-hydrogen) atoms. The molecule has 1 aliphatic rings. The van der Waals surface area contributed by atoms with Crippen molar-refractivity contribution in [2.75, 3.05) is 20.1 Å². The van der Waals surface area contributed by atoms with Gasteiger partial charge in [0, 0.05) is 45.1 Å². The maximum Gasteiger partial charge on any atom is 0.241 e. The highest BCUT2D eigenvalue weighted by Gasteiger charge is 2.35. The number of likely N-dealkylation sites (N-methyl/N-ethyl adjacent to an activating group) is 1. The van der Waals surface area contributed by atoms with Crippen molar-refractivity contribution in [3.8, 4) is 0 Å². The lowest BCUT2D eigenvalue weighted by Gasteiger charge is -2.42. The first kappa shape index (κ1) is 13.0. The summed E-state index contributed by atoms with van der Waals surface area (Å²) in [7, 11) is 1.84. The van der Waals surface area contributed by atoms with Crippen molar-refractivity contribution in [1.82, 2.24) is 14.8 Å². The average Bonchev–Trinajstić information content (AvgIpc) is 2.38. The summed E-state index contributed by atoms with van der Waals surface area (Å²) in [6, 6.07) is 3.94. The summed E-state index contributed by atoms with van der Waals surface area (Å²) in [5.41, 5.74) is 6.85. The van der Waals surface area contributed by atoms with E-state index in [4.69, 9.17) is 5.73 Å². The molecule has 1 amide bonds. The molecule has 1 aliphatic heterocycles. The van der Waals surface area contributed by atoms with E-state index in [1.165, 1.54) is 0 Å². The number of carbonyl (C=O) groups is 1. The molecule has 1 aromatic heterocycles. The van der Waals surface area contributed by atoms with Crippen LogP contribution in [0.1, 0.15) is 12.5 Å². The highest BCUT2D eigenvalue weighted by Crippen LogP contribution is 2.17. The summed E-state index contributed by atoms with van der Waals surface area (Å²) in [6.45, 7) is 3.98. The first-order valence-corrected chi connectivity index (χ1v) is 6.23. The summed E-state index contributed by atoms with van der Waals surface area (Å²) < 4.78 is 0. The molecule has 2 atom stereocenters. The molecule has 1 saturated heterocycles. The van der Waals surface area contributed by atoms with Crippen LogP contribution in [-0.4, -0.2) is 52.9 Å². The molecule has 2 heterocycles. The molecular formula is C13H20N4O. The largest absolute Gasteiger partial charge is 0.340 e. The van der Waals surface area contributed by atoms with Crippen LogP contribution in [0.25, 0.3) is 0 Å². The van der Waals surface area contributed by atoms with E-state index < -0.39 is 0 Å². The van der Waals surface area contributed by atoms with E-state index in [1.54, 1.807) is 11.1 Å². The van der Waals surface area contributed by atoms with E-state index in [9.17, 15) is 4.79 Å². The fraction of sp³-hybridized carbons (Fsp3) is 0.538. The van der Waals surface area contributed by atoms with Gasteiger partial charge in [-0.1, -0.05) is 6.07 Å². The molecule has 2 rings (SSSR count). The molecule has 0 spiro atoms. The highest BCUT2D eigenvalue weighted by molar-refractivity contribution is 5.83. The number of carbonyl (C=O) groups excluding carboxylic acids is 1. The van der Waals surface area contributed by atoms with Crippen LogP contribution in [0.3, 0.4) is 0 Å². The summed E-state index contributed by atoms with van der Waals surface area (Å²) >= 11 is 0. The topological polar surface area (TPSA) is 62.5 Å². The monoisotopic (exact) mass is 248 g/mol. The molecule has 0 radical (unpaired) electrons. The van der Waals surface area contributed by atoms with E-state index in [0.717, 1.165) is 18.7 Å². The normalized spacial score (nSPS) is 25.5. The maximum absolute atomic E-state index is 12.2. The van der Waals surface area contributed by atoms with Gasteiger partial charge in [0.25, 0.3) is 0 Å². The molecule has 5 heteroatoms. The summed E-state index contributed by atoms with van der Waals surface area (Å²) in [5, 5.41) is 0. The summed E-state index contributed by atoms with van der Waals surface area (Å²) in [5.74, 6) is 0.111. The van der Waals surface area contributed by atoms with Crippen molar-refractivity contribution in [2.24, 2.45) is 5.73 Å². The zero-order valence-electron chi connectivity index (χ0n) is 10.9. The van der Waals surface area contributed by atoms with E-state index in [0.29, 0.717) is 6.54 Å². The van der Waals surface area contributed by atoms with Crippen molar-refractivity contribution in [3.05, 3.63) is 30.1 Å². The molecule has 0 aromatic carbocycles. The molecule has 5 nitrogen and oxygen atoms in total. The van der Waals surface area contributed by atoms with Gasteiger partial charge in [0.05, 0.1) is 0 Å². The Morgan fingerprint density at radius 2 is 2.33 bits per heavy atom. The second-order valence-corrected chi connectivity index (χ2v) is 4.84. The summed E-state index contributed by atoms with van der Waals surface area (Å²) in [6.07, 6.45) is 3.59. The second kappa shape index (κ2) is 5.46. The molecule has 2 unspecified atom stereocenters. The molecule has 2 N–H and O–H groups in total. The molecular weight excluding hydrogens is 228 g/mol. The number of rotatable bonds is 3. The predicted octanol–water partition coefficient (Wildman–Crippen LogP) is 0.0714. The zero-order chi connectivity index (χ0) is 13.1. The van der Waals surface area contributed by atoms with E-state index in [-0.39, 0.29) is 18.0 Å². The van der Waals surface area contributed by atoms with Crippen molar-refractivity contribution >= 4 is 5.91 Å². The van der Waals surface area contributed by atoms with Crippen molar-refractivity contribution < 1.29 is 4.79 Å². The summed E-state index contributed by atoms with van der Waals surface area (Å²) in [4.78, 5) is 20.2. The zero-order valence-corrected chi connectivity index (χ0v) is 10.9. The Labute approximate surface area is 108 Å². The van der Waals surface area contributed by atoms with Crippen LogP contribution in [0.4, 0.5) is 0 Å². The number of nitrogens with two attached hydrogens (primary N) is 1. The number of hydrogen-bond acceptors (Lipinski definition) is 4. The molecule has 98 valence electrons. The number of nitrogens with zero attached hydrogens (tertiary/aromatic N) is 3. The average molecular weight is 248 g/mol. The van der Waals surface area contributed by atoms with Gasteiger partial charge in [-0.05, 0) is 18.6 Å². The first-order valence-electron chi connectivity index (χ1n) is 6.23. The number of piperazine rings is 1. The highest BCUT2D eigenvalue weighted by atomic mass is 16.2. The fourth-order valence-corrected chi connectivity index (χ4v) is 2.35. The number of aromatic nitrogens is 1. The van der Waals surface area contributed by atoms with Crippen LogP contribution in [0, 0.1) is 0 Å². The Morgan fingerprint density at radius 1 is 1.56 bits per heavy atom. The lowest BCUT2D eigenvalue weighted by Crippen LogP contribution is -2.61. The fourth-order valence-electron chi connectivity index (χ4n) is 2.35. The third kappa shape index (κ3) is 2.52. The van der Waals surface area contributed by atoms with Crippen LogP contribution < -0.4 is 5.73 Å². The number of pyridine rings is 1. The second-order valence-electron chi connectivity index (χ2n) is 4.84. The Kier molecular flexibility index (Phi) is 3.93. The molecule has 0 bridgehead atoms. The van der Waals surface area contributed by atoms with Gasteiger partial charge in [0.2, 0.25) is 5.91 Å². The van der Waals surface area contributed by atoms with E-state index in [1.807, 2.05) is 25.4 Å². The lowest BCUT2D eigenvalue weighted by atomic mass is 10.1. The third-order valence-corrected chi connectivity index (χ3v) is 3.57.